The second kappa shape index (κ2) is 12.2. The molecule has 0 aliphatic carbocycles. The summed E-state index contributed by atoms with van der Waals surface area (Å²) in [5.41, 5.74) is 7.01. The summed E-state index contributed by atoms with van der Waals surface area (Å²) >= 11 is 0. The van der Waals surface area contributed by atoms with Gasteiger partial charge in [-0.2, -0.15) is 5.26 Å². The Bertz CT molecular complexity index is 1830. The van der Waals surface area contributed by atoms with E-state index in [0.29, 0.717) is 61.2 Å². The number of hydrogen-bond acceptors (Lipinski definition) is 9. The smallest absolute Gasteiger partial charge is 0.335 e. The highest BCUT2D eigenvalue weighted by atomic mass is 16.5. The van der Waals surface area contributed by atoms with Crippen LogP contribution in [0.3, 0.4) is 0 Å². The molecule has 0 saturated carbocycles. The first-order valence-corrected chi connectivity index (χ1v) is 15.0. The van der Waals surface area contributed by atoms with Gasteiger partial charge in [0.05, 0.1) is 24.9 Å². The van der Waals surface area contributed by atoms with E-state index in [1.807, 2.05) is 44.2 Å². The Morgan fingerprint density at radius 1 is 1.13 bits per heavy atom. The van der Waals surface area contributed by atoms with Gasteiger partial charge in [0.2, 0.25) is 0 Å². The molecule has 2 aromatic heterocycles. The lowest BCUT2D eigenvalue weighted by molar-refractivity contribution is -0.133. The molecule has 2 aliphatic rings. The highest BCUT2D eigenvalue weighted by Crippen LogP contribution is 2.28. The molecule has 12 nitrogen and oxygen atoms in total. The Kier molecular flexibility index (Phi) is 8.14. The van der Waals surface area contributed by atoms with E-state index >= 15 is 0 Å². The first-order valence-electron chi connectivity index (χ1n) is 15.0. The SMILES string of the molecule is CCN(C1COC1)C(C)(C)/C=C(/C#N)C(=O)N1CC(Cn2c(=O)n(-c3ccc(Oc4ccccc4)cc3)c3c(N)ncnc32)C1. The number of imidazole rings is 1. The molecule has 2 aliphatic heterocycles. The van der Waals surface area contributed by atoms with Crippen LogP contribution in [0.5, 0.6) is 11.5 Å². The van der Waals surface area contributed by atoms with Crippen molar-refractivity contribution in [2.75, 3.05) is 38.6 Å². The number of nitriles is 1. The molecule has 2 N–H and O–H groups in total. The lowest BCUT2D eigenvalue weighted by Gasteiger charge is -2.45. The second-order valence-electron chi connectivity index (χ2n) is 11.9. The number of nitrogens with two attached hydrogens (primary N) is 1. The summed E-state index contributed by atoms with van der Waals surface area (Å²) in [4.78, 5) is 39.6. The van der Waals surface area contributed by atoms with Gasteiger partial charge in [0.25, 0.3) is 5.91 Å². The van der Waals surface area contributed by atoms with E-state index in [9.17, 15) is 14.9 Å². The number of nitrogens with zero attached hydrogens (tertiary/aromatic N) is 7. The quantitative estimate of drug-likeness (QED) is 0.212. The number of aromatic nitrogens is 4. The van der Waals surface area contributed by atoms with Crippen LogP contribution in [0.25, 0.3) is 16.9 Å². The minimum absolute atomic E-state index is 0.00393. The van der Waals surface area contributed by atoms with Crippen LogP contribution in [0.15, 0.2) is 77.4 Å². The molecule has 2 fully saturated rings. The van der Waals surface area contributed by atoms with E-state index in [2.05, 4.69) is 27.9 Å². The normalized spacial score (nSPS) is 16.0. The molecule has 0 atom stereocenters. The van der Waals surface area contributed by atoms with E-state index in [4.69, 9.17) is 15.2 Å². The van der Waals surface area contributed by atoms with Crippen LogP contribution in [-0.4, -0.2) is 79.2 Å². The molecular formula is C33H36N8O4. The Hall–Kier alpha value is -4.99. The van der Waals surface area contributed by atoms with E-state index in [1.165, 1.54) is 10.9 Å². The molecule has 2 aromatic carbocycles. The summed E-state index contributed by atoms with van der Waals surface area (Å²) < 4.78 is 14.3. The lowest BCUT2D eigenvalue weighted by Crippen LogP contribution is -2.57. The molecular weight excluding hydrogens is 572 g/mol. The van der Waals surface area contributed by atoms with Gasteiger partial charge in [0.15, 0.2) is 11.5 Å². The summed E-state index contributed by atoms with van der Waals surface area (Å²) in [6.07, 6.45) is 3.10. The van der Waals surface area contributed by atoms with Gasteiger partial charge in [-0.3, -0.25) is 18.8 Å². The largest absolute Gasteiger partial charge is 0.457 e. The molecule has 0 spiro atoms. The van der Waals surface area contributed by atoms with E-state index in [0.717, 1.165) is 6.54 Å². The van der Waals surface area contributed by atoms with Crippen LogP contribution in [0, 0.1) is 17.2 Å². The fourth-order valence-electron chi connectivity index (χ4n) is 6.19. The Labute approximate surface area is 260 Å². The predicted molar refractivity (Wildman–Crippen MR) is 169 cm³/mol. The minimum Gasteiger partial charge on any atom is -0.457 e. The third kappa shape index (κ3) is 5.80. The number of anilines is 1. The highest BCUT2D eigenvalue weighted by molar-refractivity contribution is 5.98. The molecule has 232 valence electrons. The van der Waals surface area contributed by atoms with Gasteiger partial charge in [0.1, 0.15) is 35.0 Å². The van der Waals surface area contributed by atoms with Crippen LogP contribution in [-0.2, 0) is 16.1 Å². The highest BCUT2D eigenvalue weighted by Gasteiger charge is 2.38. The maximum absolute atomic E-state index is 13.8. The third-order valence-corrected chi connectivity index (χ3v) is 8.48. The maximum Gasteiger partial charge on any atom is 0.335 e. The van der Waals surface area contributed by atoms with Crippen molar-refractivity contribution >= 4 is 22.9 Å². The summed E-state index contributed by atoms with van der Waals surface area (Å²) in [6, 6.07) is 19.0. The molecule has 1 amide bonds. The van der Waals surface area contributed by atoms with Crippen LogP contribution < -0.4 is 16.2 Å². The van der Waals surface area contributed by atoms with Crippen molar-refractivity contribution < 1.29 is 14.3 Å². The zero-order chi connectivity index (χ0) is 31.7. The van der Waals surface area contributed by atoms with Gasteiger partial charge in [-0.25, -0.2) is 14.8 Å². The van der Waals surface area contributed by atoms with E-state index < -0.39 is 5.54 Å². The Morgan fingerprint density at radius 2 is 1.82 bits per heavy atom. The van der Waals surface area contributed by atoms with Crippen LogP contribution in [0.1, 0.15) is 20.8 Å². The van der Waals surface area contributed by atoms with Gasteiger partial charge in [-0.1, -0.05) is 25.1 Å². The molecule has 45 heavy (non-hydrogen) atoms. The number of fused-ring (bicyclic) bond motifs is 1. The summed E-state index contributed by atoms with van der Waals surface area (Å²) in [5, 5.41) is 9.89. The zero-order valence-corrected chi connectivity index (χ0v) is 25.6. The summed E-state index contributed by atoms with van der Waals surface area (Å²) in [6.45, 7) is 9.32. The van der Waals surface area contributed by atoms with Crippen LogP contribution >= 0.6 is 0 Å². The molecule has 0 radical (unpaired) electrons. The fraction of sp³-hybridized carbons (Fsp3) is 0.364. The van der Waals surface area contributed by atoms with Crippen molar-refractivity contribution in [3.63, 3.8) is 0 Å². The van der Waals surface area contributed by atoms with Crippen molar-refractivity contribution in [1.82, 2.24) is 28.9 Å². The van der Waals surface area contributed by atoms with Crippen molar-refractivity contribution in [3.05, 3.63) is 83.1 Å². The first-order chi connectivity index (χ1) is 21.7. The predicted octanol–water partition coefficient (Wildman–Crippen LogP) is 3.36. The van der Waals surface area contributed by atoms with Crippen molar-refractivity contribution in [3.8, 4) is 23.3 Å². The van der Waals surface area contributed by atoms with Gasteiger partial charge in [-0.15, -0.1) is 0 Å². The summed E-state index contributed by atoms with van der Waals surface area (Å²) in [7, 11) is 0. The topological polar surface area (TPSA) is 145 Å². The van der Waals surface area contributed by atoms with Gasteiger partial charge in [0, 0.05) is 31.1 Å². The second-order valence-corrected chi connectivity index (χ2v) is 11.9. The van der Waals surface area contributed by atoms with Crippen LogP contribution in [0.4, 0.5) is 5.82 Å². The number of carbonyl (C=O) groups excluding carboxylic acids is 1. The first kappa shape index (κ1) is 30.1. The van der Waals surface area contributed by atoms with Gasteiger partial charge < -0.3 is 20.1 Å². The van der Waals surface area contributed by atoms with E-state index in [1.54, 1.807) is 39.8 Å². The Morgan fingerprint density at radius 3 is 2.44 bits per heavy atom. The van der Waals surface area contributed by atoms with Gasteiger partial charge >= 0.3 is 5.69 Å². The number of hydrogen-bond donors (Lipinski definition) is 1. The average molecular weight is 609 g/mol. The molecule has 0 bridgehead atoms. The zero-order valence-electron chi connectivity index (χ0n) is 25.6. The number of benzene rings is 2. The molecule has 0 unspecified atom stereocenters. The molecule has 2 saturated heterocycles. The number of likely N-dealkylation sites (N-methyl/N-ethyl adjacent to an activating group) is 1. The monoisotopic (exact) mass is 608 g/mol. The fourth-order valence-corrected chi connectivity index (χ4v) is 6.19. The third-order valence-electron chi connectivity index (χ3n) is 8.48. The standard InChI is InChI=1S/C33H36N8O4/c1-4-40(25-19-44-20-25)33(2,3)14-23(15-34)31(42)38-16-22(17-38)18-39-30-28(29(35)36-21-37-30)41(32(39)43)24-10-12-27(13-11-24)45-26-8-6-5-7-9-26/h5-14,21-22,25H,4,16-20H2,1-3H3,(H2,35,36,37)/b23-14-. The molecule has 4 heterocycles. The number of para-hydroxylation sites is 1. The number of amides is 1. The van der Waals surface area contributed by atoms with Crippen molar-refractivity contribution in [2.24, 2.45) is 5.92 Å². The number of carbonyl (C=O) groups is 1. The minimum atomic E-state index is -0.491. The maximum atomic E-state index is 13.8. The van der Waals surface area contributed by atoms with Crippen LogP contribution in [0.2, 0.25) is 0 Å². The average Bonchev–Trinajstić information content (AvgIpc) is 3.27. The number of nitrogen functional groups attached to an aromatic ring is 1. The number of rotatable bonds is 10. The molecule has 12 heteroatoms. The Balaban J connectivity index is 1.19. The molecule has 6 rings (SSSR count). The number of ether oxygens (including phenoxy) is 2. The summed E-state index contributed by atoms with van der Waals surface area (Å²) in [5.74, 6) is 1.21. The molecule has 4 aromatic rings. The van der Waals surface area contributed by atoms with Crippen molar-refractivity contribution in [2.45, 2.75) is 38.9 Å². The van der Waals surface area contributed by atoms with Crippen molar-refractivity contribution in [1.29, 1.82) is 5.26 Å². The number of likely N-dealkylation sites (tertiary alicyclic amines) is 1. The van der Waals surface area contributed by atoms with E-state index in [-0.39, 0.29) is 34.9 Å². The lowest BCUT2D eigenvalue weighted by atomic mass is 9.94. The van der Waals surface area contributed by atoms with Gasteiger partial charge in [-0.05, 0) is 62.9 Å².